The predicted molar refractivity (Wildman–Crippen MR) is 66.5 cm³/mol. The lowest BCUT2D eigenvalue weighted by atomic mass is 9.96. The SMILES string of the molecule is CC(CCNC(=O)CN)c1cccc(C(F)(F)F)c1. The summed E-state index contributed by atoms with van der Waals surface area (Å²) in [5.41, 5.74) is 5.09. The molecule has 3 N–H and O–H groups in total. The first kappa shape index (κ1) is 15.5. The highest BCUT2D eigenvalue weighted by Crippen LogP contribution is 2.31. The molecule has 1 rings (SSSR count). The largest absolute Gasteiger partial charge is 0.416 e. The molecule has 1 aromatic carbocycles. The van der Waals surface area contributed by atoms with E-state index in [0.717, 1.165) is 12.1 Å². The molecule has 0 bridgehead atoms. The van der Waals surface area contributed by atoms with Crippen LogP contribution in [0.25, 0.3) is 0 Å². The molecule has 106 valence electrons. The van der Waals surface area contributed by atoms with E-state index in [-0.39, 0.29) is 18.4 Å². The van der Waals surface area contributed by atoms with Gasteiger partial charge in [-0.1, -0.05) is 25.1 Å². The number of hydrogen-bond acceptors (Lipinski definition) is 2. The van der Waals surface area contributed by atoms with Gasteiger partial charge >= 0.3 is 6.18 Å². The van der Waals surface area contributed by atoms with Crippen molar-refractivity contribution in [2.45, 2.75) is 25.4 Å². The molecule has 0 radical (unpaired) electrons. The van der Waals surface area contributed by atoms with Crippen molar-refractivity contribution >= 4 is 5.91 Å². The van der Waals surface area contributed by atoms with E-state index in [0.29, 0.717) is 18.5 Å². The van der Waals surface area contributed by atoms with Crippen molar-refractivity contribution in [1.82, 2.24) is 5.32 Å². The first-order chi connectivity index (χ1) is 8.84. The number of carbonyl (C=O) groups is 1. The van der Waals surface area contributed by atoms with Crippen molar-refractivity contribution < 1.29 is 18.0 Å². The van der Waals surface area contributed by atoms with Gasteiger partial charge in [-0.05, 0) is 24.0 Å². The van der Waals surface area contributed by atoms with E-state index in [1.807, 2.05) is 6.92 Å². The summed E-state index contributed by atoms with van der Waals surface area (Å²) in [5, 5.41) is 2.59. The third-order valence-electron chi connectivity index (χ3n) is 2.87. The fraction of sp³-hybridized carbons (Fsp3) is 0.462. The number of carbonyl (C=O) groups excluding carboxylic acids is 1. The molecule has 19 heavy (non-hydrogen) atoms. The van der Waals surface area contributed by atoms with Gasteiger partial charge in [0, 0.05) is 6.54 Å². The lowest BCUT2D eigenvalue weighted by Gasteiger charge is -2.14. The minimum atomic E-state index is -4.33. The van der Waals surface area contributed by atoms with Crippen LogP contribution in [0.2, 0.25) is 0 Å². The van der Waals surface area contributed by atoms with Gasteiger partial charge in [0.25, 0.3) is 0 Å². The Labute approximate surface area is 110 Å². The van der Waals surface area contributed by atoms with Crippen LogP contribution >= 0.6 is 0 Å². The molecule has 0 saturated carbocycles. The van der Waals surface area contributed by atoms with Crippen molar-refractivity contribution in [3.05, 3.63) is 35.4 Å². The number of alkyl halides is 3. The van der Waals surface area contributed by atoms with E-state index in [9.17, 15) is 18.0 Å². The van der Waals surface area contributed by atoms with Gasteiger partial charge in [0.05, 0.1) is 12.1 Å². The number of benzene rings is 1. The third kappa shape index (κ3) is 4.90. The number of rotatable bonds is 5. The van der Waals surface area contributed by atoms with Crippen molar-refractivity contribution in [3.8, 4) is 0 Å². The van der Waals surface area contributed by atoms with Gasteiger partial charge in [-0.15, -0.1) is 0 Å². The fourth-order valence-corrected chi connectivity index (χ4v) is 1.69. The smallest absolute Gasteiger partial charge is 0.355 e. The highest BCUT2D eigenvalue weighted by atomic mass is 19.4. The Morgan fingerprint density at radius 2 is 2.11 bits per heavy atom. The predicted octanol–water partition coefficient (Wildman–Crippen LogP) is 2.27. The van der Waals surface area contributed by atoms with Gasteiger partial charge in [-0.25, -0.2) is 0 Å². The lowest BCUT2D eigenvalue weighted by Crippen LogP contribution is -2.31. The Balaban J connectivity index is 2.62. The van der Waals surface area contributed by atoms with Gasteiger partial charge in [0.15, 0.2) is 0 Å². The molecule has 1 unspecified atom stereocenters. The topological polar surface area (TPSA) is 55.1 Å². The molecule has 1 atom stereocenters. The van der Waals surface area contributed by atoms with Crippen molar-refractivity contribution in [1.29, 1.82) is 0 Å². The molecule has 0 aliphatic rings. The molecular weight excluding hydrogens is 257 g/mol. The molecule has 0 heterocycles. The van der Waals surface area contributed by atoms with E-state index in [1.165, 1.54) is 6.07 Å². The second-order valence-electron chi connectivity index (χ2n) is 4.37. The number of amides is 1. The first-order valence-electron chi connectivity index (χ1n) is 5.98. The molecular formula is C13H17F3N2O. The van der Waals surface area contributed by atoms with E-state index in [4.69, 9.17) is 5.73 Å². The summed E-state index contributed by atoms with van der Waals surface area (Å²) in [6.07, 6.45) is -3.77. The van der Waals surface area contributed by atoms with Crippen molar-refractivity contribution in [2.24, 2.45) is 5.73 Å². The lowest BCUT2D eigenvalue weighted by molar-refractivity contribution is -0.137. The standard InChI is InChI=1S/C13H17F3N2O/c1-9(5-6-18-12(19)8-17)10-3-2-4-11(7-10)13(14,15)16/h2-4,7,9H,5-6,8,17H2,1H3,(H,18,19). The number of nitrogens with one attached hydrogen (secondary N) is 1. The summed E-state index contributed by atoms with van der Waals surface area (Å²) in [7, 11) is 0. The Morgan fingerprint density at radius 3 is 2.68 bits per heavy atom. The van der Waals surface area contributed by atoms with Gasteiger partial charge in [0.1, 0.15) is 0 Å². The normalized spacial score (nSPS) is 13.1. The quantitative estimate of drug-likeness (QED) is 0.865. The molecule has 1 aromatic rings. The van der Waals surface area contributed by atoms with Gasteiger partial charge in [-0.2, -0.15) is 13.2 Å². The Morgan fingerprint density at radius 1 is 1.42 bits per heavy atom. The van der Waals surface area contributed by atoms with Crippen LogP contribution in [0.4, 0.5) is 13.2 Å². The highest BCUT2D eigenvalue weighted by Gasteiger charge is 2.30. The van der Waals surface area contributed by atoms with Crippen LogP contribution in [-0.4, -0.2) is 19.0 Å². The van der Waals surface area contributed by atoms with Crippen molar-refractivity contribution in [3.63, 3.8) is 0 Å². The van der Waals surface area contributed by atoms with Crippen LogP contribution in [0.5, 0.6) is 0 Å². The minimum absolute atomic E-state index is 0.0691. The molecule has 0 aliphatic heterocycles. The molecule has 6 heteroatoms. The molecule has 0 fully saturated rings. The second kappa shape index (κ2) is 6.56. The fourth-order valence-electron chi connectivity index (χ4n) is 1.69. The highest BCUT2D eigenvalue weighted by molar-refractivity contribution is 5.77. The zero-order valence-electron chi connectivity index (χ0n) is 10.6. The number of hydrogen-bond donors (Lipinski definition) is 2. The van der Waals surface area contributed by atoms with Crippen LogP contribution < -0.4 is 11.1 Å². The molecule has 1 amide bonds. The van der Waals surface area contributed by atoms with Crippen LogP contribution in [-0.2, 0) is 11.0 Å². The van der Waals surface area contributed by atoms with Gasteiger partial charge < -0.3 is 11.1 Å². The zero-order chi connectivity index (χ0) is 14.5. The summed E-state index contributed by atoms with van der Waals surface area (Å²) in [6, 6.07) is 5.25. The van der Waals surface area contributed by atoms with Crippen LogP contribution in [0, 0.1) is 0 Å². The summed E-state index contributed by atoms with van der Waals surface area (Å²) in [4.78, 5) is 10.9. The summed E-state index contributed by atoms with van der Waals surface area (Å²) < 4.78 is 37.7. The van der Waals surface area contributed by atoms with E-state index in [1.54, 1.807) is 6.07 Å². The molecule has 0 spiro atoms. The van der Waals surface area contributed by atoms with Crippen LogP contribution in [0.1, 0.15) is 30.4 Å². The Hall–Kier alpha value is -1.56. The maximum atomic E-state index is 12.6. The Kier molecular flexibility index (Phi) is 5.35. The second-order valence-corrected chi connectivity index (χ2v) is 4.37. The van der Waals surface area contributed by atoms with E-state index >= 15 is 0 Å². The third-order valence-corrected chi connectivity index (χ3v) is 2.87. The van der Waals surface area contributed by atoms with Crippen LogP contribution in [0.3, 0.4) is 0 Å². The van der Waals surface area contributed by atoms with E-state index in [2.05, 4.69) is 5.32 Å². The van der Waals surface area contributed by atoms with Crippen LogP contribution in [0.15, 0.2) is 24.3 Å². The minimum Gasteiger partial charge on any atom is -0.355 e. The van der Waals surface area contributed by atoms with E-state index < -0.39 is 11.7 Å². The monoisotopic (exact) mass is 274 g/mol. The summed E-state index contributed by atoms with van der Waals surface area (Å²) in [5.74, 6) is -0.336. The maximum absolute atomic E-state index is 12.6. The molecule has 0 saturated heterocycles. The molecule has 0 aromatic heterocycles. The number of halogens is 3. The molecule has 3 nitrogen and oxygen atoms in total. The van der Waals surface area contributed by atoms with Crippen molar-refractivity contribution in [2.75, 3.05) is 13.1 Å². The average Bonchev–Trinajstić information content (AvgIpc) is 2.37. The first-order valence-corrected chi connectivity index (χ1v) is 5.98. The summed E-state index contributed by atoms with van der Waals surface area (Å²) >= 11 is 0. The number of nitrogens with two attached hydrogens (primary N) is 1. The Bertz CT molecular complexity index is 432. The van der Waals surface area contributed by atoms with Gasteiger partial charge in [-0.3, -0.25) is 4.79 Å². The van der Waals surface area contributed by atoms with Gasteiger partial charge in [0.2, 0.25) is 5.91 Å². The maximum Gasteiger partial charge on any atom is 0.416 e. The molecule has 0 aliphatic carbocycles. The zero-order valence-corrected chi connectivity index (χ0v) is 10.6. The summed E-state index contributed by atoms with van der Waals surface area (Å²) in [6.45, 7) is 2.13. The average molecular weight is 274 g/mol.